The van der Waals surface area contributed by atoms with E-state index in [0.29, 0.717) is 19.3 Å². The van der Waals surface area contributed by atoms with Crippen LogP contribution in [0.2, 0.25) is 0 Å². The Morgan fingerprint density at radius 1 is 0.274 bits per heavy atom. The van der Waals surface area contributed by atoms with Crippen molar-refractivity contribution in [2.24, 2.45) is 0 Å². The number of allylic oxidation sites excluding steroid dienone is 8. The van der Waals surface area contributed by atoms with Crippen LogP contribution in [0, 0.1) is 0 Å². The van der Waals surface area contributed by atoms with Crippen LogP contribution < -0.4 is 0 Å². The Kier molecular flexibility index (Phi) is 59.7. The van der Waals surface area contributed by atoms with E-state index in [1.165, 1.54) is 205 Å². The molecule has 0 amide bonds. The van der Waals surface area contributed by atoms with Gasteiger partial charge in [-0.3, -0.25) is 14.4 Å². The third-order valence-electron chi connectivity index (χ3n) is 14.3. The Labute approximate surface area is 454 Å². The molecule has 0 radical (unpaired) electrons. The van der Waals surface area contributed by atoms with Gasteiger partial charge < -0.3 is 14.2 Å². The van der Waals surface area contributed by atoms with Crippen molar-refractivity contribution in [3.05, 3.63) is 48.6 Å². The first-order chi connectivity index (χ1) is 36.0. The minimum absolute atomic E-state index is 0.0787. The molecule has 0 saturated heterocycles. The Morgan fingerprint density at radius 2 is 0.534 bits per heavy atom. The average Bonchev–Trinajstić information content (AvgIpc) is 3.39. The summed E-state index contributed by atoms with van der Waals surface area (Å²) >= 11 is 0. The van der Waals surface area contributed by atoms with E-state index < -0.39 is 6.10 Å². The van der Waals surface area contributed by atoms with Gasteiger partial charge in [0.05, 0.1) is 0 Å². The average molecular weight is 1020 g/mol. The Morgan fingerprint density at radius 3 is 0.863 bits per heavy atom. The fourth-order valence-electron chi connectivity index (χ4n) is 9.40. The number of rotatable bonds is 59. The van der Waals surface area contributed by atoms with E-state index in [1.807, 2.05) is 0 Å². The maximum Gasteiger partial charge on any atom is 0.306 e. The van der Waals surface area contributed by atoms with Crippen molar-refractivity contribution in [2.45, 2.75) is 348 Å². The summed E-state index contributed by atoms with van der Waals surface area (Å²) in [7, 11) is 0. The van der Waals surface area contributed by atoms with Crippen LogP contribution in [0.15, 0.2) is 48.6 Å². The molecule has 0 aromatic carbocycles. The molecule has 1 unspecified atom stereocenters. The molecule has 0 aromatic heterocycles. The first-order valence-corrected chi connectivity index (χ1v) is 32.1. The zero-order valence-electron chi connectivity index (χ0n) is 48.9. The molecule has 0 heterocycles. The monoisotopic (exact) mass is 1020 g/mol. The van der Waals surface area contributed by atoms with Gasteiger partial charge in [-0.05, 0) is 89.9 Å². The van der Waals surface area contributed by atoms with Gasteiger partial charge in [-0.2, -0.15) is 0 Å². The third-order valence-corrected chi connectivity index (χ3v) is 14.3. The van der Waals surface area contributed by atoms with Crippen molar-refractivity contribution in [1.82, 2.24) is 0 Å². The van der Waals surface area contributed by atoms with Crippen molar-refractivity contribution in [2.75, 3.05) is 13.2 Å². The highest BCUT2D eigenvalue weighted by Crippen LogP contribution is 2.17. The standard InChI is InChI=1S/C67H122O6/c1-4-7-10-13-16-19-22-24-26-27-28-29-30-31-32-33-34-35-36-37-38-39-40-41-42-44-45-48-51-54-57-60-66(69)72-63-64(62-71-65(68)59-56-53-50-47-21-18-15-12-9-6-3)73-67(70)61-58-55-52-49-46-43-25-23-20-17-14-11-8-5-2/h12,14-15,17,23,25,27-28,64H,4-11,13,16,18-22,24,26,29-63H2,1-3H3/b15-12-,17-14-,25-23-,28-27-. The Balaban J connectivity index is 4.06. The maximum atomic E-state index is 12.8. The molecule has 73 heavy (non-hydrogen) atoms. The van der Waals surface area contributed by atoms with Gasteiger partial charge in [-0.15, -0.1) is 0 Å². The fourth-order valence-corrected chi connectivity index (χ4v) is 9.40. The van der Waals surface area contributed by atoms with Crippen LogP contribution in [0.1, 0.15) is 342 Å². The number of hydrogen-bond acceptors (Lipinski definition) is 6. The number of hydrogen-bond donors (Lipinski definition) is 0. The molecule has 1 atom stereocenters. The molecule has 0 fully saturated rings. The van der Waals surface area contributed by atoms with Gasteiger partial charge in [-0.1, -0.05) is 281 Å². The first kappa shape index (κ1) is 70.4. The van der Waals surface area contributed by atoms with Crippen molar-refractivity contribution in [3.63, 3.8) is 0 Å². The lowest BCUT2D eigenvalue weighted by atomic mass is 10.0. The van der Waals surface area contributed by atoms with Gasteiger partial charge in [0, 0.05) is 19.3 Å². The summed E-state index contributed by atoms with van der Waals surface area (Å²) < 4.78 is 16.8. The molecule has 6 heteroatoms. The second-order valence-corrected chi connectivity index (χ2v) is 21.7. The van der Waals surface area contributed by atoms with Gasteiger partial charge in [0.2, 0.25) is 0 Å². The van der Waals surface area contributed by atoms with E-state index in [2.05, 4.69) is 69.4 Å². The maximum absolute atomic E-state index is 12.8. The molecule has 0 aliphatic heterocycles. The molecule has 0 rings (SSSR count). The number of unbranched alkanes of at least 4 members (excludes halogenated alkanes) is 40. The van der Waals surface area contributed by atoms with E-state index in [-0.39, 0.29) is 31.1 Å². The number of carbonyl (C=O) groups excluding carboxylic acids is 3. The predicted molar refractivity (Wildman–Crippen MR) is 316 cm³/mol. The molecule has 426 valence electrons. The zero-order chi connectivity index (χ0) is 52.9. The highest BCUT2D eigenvalue weighted by Gasteiger charge is 2.19. The molecule has 0 saturated carbocycles. The van der Waals surface area contributed by atoms with Crippen LogP contribution in [0.3, 0.4) is 0 Å². The topological polar surface area (TPSA) is 78.9 Å². The highest BCUT2D eigenvalue weighted by molar-refractivity contribution is 5.71. The summed E-state index contributed by atoms with van der Waals surface area (Å²) in [5.41, 5.74) is 0. The van der Waals surface area contributed by atoms with Crippen molar-refractivity contribution >= 4 is 17.9 Å². The van der Waals surface area contributed by atoms with E-state index in [0.717, 1.165) is 96.3 Å². The lowest BCUT2D eigenvalue weighted by molar-refractivity contribution is -0.167. The van der Waals surface area contributed by atoms with E-state index in [9.17, 15) is 14.4 Å². The Bertz CT molecular complexity index is 1270. The summed E-state index contributed by atoms with van der Waals surface area (Å²) in [6.45, 7) is 6.55. The zero-order valence-corrected chi connectivity index (χ0v) is 48.9. The molecule has 0 spiro atoms. The highest BCUT2D eigenvalue weighted by atomic mass is 16.6. The van der Waals surface area contributed by atoms with Gasteiger partial charge >= 0.3 is 17.9 Å². The molecule has 0 bridgehead atoms. The quantitative estimate of drug-likeness (QED) is 0.0261. The summed E-state index contributed by atoms with van der Waals surface area (Å²) in [5.74, 6) is -0.889. The van der Waals surface area contributed by atoms with Crippen LogP contribution in [0.5, 0.6) is 0 Å². The molecule has 0 N–H and O–H groups in total. The molecular formula is C67H122O6. The molecular weight excluding hydrogens is 901 g/mol. The van der Waals surface area contributed by atoms with Crippen LogP contribution >= 0.6 is 0 Å². The van der Waals surface area contributed by atoms with E-state index in [4.69, 9.17) is 14.2 Å². The van der Waals surface area contributed by atoms with Gasteiger partial charge in [-0.25, -0.2) is 0 Å². The van der Waals surface area contributed by atoms with Crippen LogP contribution in [-0.2, 0) is 28.6 Å². The van der Waals surface area contributed by atoms with Crippen molar-refractivity contribution in [1.29, 1.82) is 0 Å². The largest absolute Gasteiger partial charge is 0.462 e. The van der Waals surface area contributed by atoms with Gasteiger partial charge in [0.25, 0.3) is 0 Å². The van der Waals surface area contributed by atoms with Crippen LogP contribution in [0.25, 0.3) is 0 Å². The van der Waals surface area contributed by atoms with Gasteiger partial charge in [0.15, 0.2) is 6.10 Å². The summed E-state index contributed by atoms with van der Waals surface area (Å²) in [6, 6.07) is 0. The summed E-state index contributed by atoms with van der Waals surface area (Å²) in [4.78, 5) is 38.1. The molecule has 6 nitrogen and oxygen atoms in total. The smallest absolute Gasteiger partial charge is 0.306 e. The molecule has 0 aromatic rings. The van der Waals surface area contributed by atoms with Crippen LogP contribution in [-0.4, -0.2) is 37.2 Å². The number of esters is 3. The second-order valence-electron chi connectivity index (χ2n) is 21.7. The van der Waals surface area contributed by atoms with Gasteiger partial charge in [0.1, 0.15) is 13.2 Å². The molecule has 0 aliphatic rings. The summed E-state index contributed by atoms with van der Waals surface area (Å²) in [5, 5.41) is 0. The SMILES string of the molecule is CCC/C=C\CCCCCCCC(=O)OCC(COC(=O)CCCCCCCCCCCCCCCCCCCCC/C=C\CCCCCCCCCC)OC(=O)CCCCCCC/C=C\C/C=C\CCCC. The fraction of sp³-hybridized carbons (Fsp3) is 0.836. The minimum Gasteiger partial charge on any atom is -0.462 e. The van der Waals surface area contributed by atoms with E-state index in [1.54, 1.807) is 0 Å². The van der Waals surface area contributed by atoms with Crippen LogP contribution in [0.4, 0.5) is 0 Å². The Hall–Kier alpha value is -2.63. The number of ether oxygens (including phenoxy) is 3. The first-order valence-electron chi connectivity index (χ1n) is 32.1. The lowest BCUT2D eigenvalue weighted by Crippen LogP contribution is -2.30. The van der Waals surface area contributed by atoms with Crippen molar-refractivity contribution < 1.29 is 28.6 Å². The molecule has 0 aliphatic carbocycles. The summed E-state index contributed by atoms with van der Waals surface area (Å²) in [6.07, 6.45) is 77.2. The van der Waals surface area contributed by atoms with E-state index >= 15 is 0 Å². The predicted octanol–water partition coefficient (Wildman–Crippen LogP) is 21.8. The second kappa shape index (κ2) is 61.9. The van der Waals surface area contributed by atoms with Crippen molar-refractivity contribution in [3.8, 4) is 0 Å². The number of carbonyl (C=O) groups is 3. The lowest BCUT2D eigenvalue weighted by Gasteiger charge is -2.18. The third kappa shape index (κ3) is 60.1. The minimum atomic E-state index is -0.781. The normalized spacial score (nSPS) is 12.3.